The molecule has 8 nitrogen and oxygen atoms in total. The first-order chi connectivity index (χ1) is 14.2. The third kappa shape index (κ3) is 3.19. The van der Waals surface area contributed by atoms with Crippen LogP contribution in [0, 0.1) is 5.92 Å². The highest BCUT2D eigenvalue weighted by atomic mass is 16.5. The van der Waals surface area contributed by atoms with Crippen molar-refractivity contribution in [1.29, 1.82) is 0 Å². The normalized spacial score (nSPS) is 24.2. The number of carbonyl (C=O) groups is 3. The van der Waals surface area contributed by atoms with E-state index in [1.165, 1.54) is 20.1 Å². The van der Waals surface area contributed by atoms with Crippen LogP contribution >= 0.6 is 0 Å². The lowest BCUT2D eigenvalue weighted by Gasteiger charge is -2.38. The minimum Gasteiger partial charge on any atom is -0.478 e. The number of aromatic nitrogens is 2. The second-order valence-electron chi connectivity index (χ2n) is 7.80. The SMILES string of the molecule is COC(=O)C1C(=O)CC(c2cccc3nc4c(C(=O)O)cccc4nc23)CC1(C)O. The lowest BCUT2D eigenvalue weighted by atomic mass is 9.69. The van der Waals surface area contributed by atoms with E-state index in [4.69, 9.17) is 4.74 Å². The van der Waals surface area contributed by atoms with Gasteiger partial charge in [0.25, 0.3) is 0 Å². The number of fused-ring (bicyclic) bond motifs is 2. The van der Waals surface area contributed by atoms with Crippen LogP contribution in [0.4, 0.5) is 0 Å². The molecular weight excluding hydrogens is 388 g/mol. The number of rotatable bonds is 3. The predicted octanol–water partition coefficient (Wildman–Crippen LogP) is 2.47. The van der Waals surface area contributed by atoms with Crippen molar-refractivity contribution in [2.75, 3.05) is 7.11 Å². The molecule has 2 aromatic carbocycles. The van der Waals surface area contributed by atoms with Gasteiger partial charge >= 0.3 is 11.9 Å². The highest BCUT2D eigenvalue weighted by Crippen LogP contribution is 2.42. The minimum absolute atomic E-state index is 0.0593. The number of carbonyl (C=O) groups excluding carboxylic acids is 2. The maximum atomic E-state index is 12.7. The number of hydrogen-bond acceptors (Lipinski definition) is 7. The van der Waals surface area contributed by atoms with Gasteiger partial charge in [-0.2, -0.15) is 0 Å². The Labute approximate surface area is 171 Å². The number of nitrogens with zero attached hydrogens (tertiary/aromatic N) is 2. The summed E-state index contributed by atoms with van der Waals surface area (Å²) in [4.78, 5) is 45.4. The zero-order chi connectivity index (χ0) is 21.6. The molecule has 3 aromatic rings. The van der Waals surface area contributed by atoms with Crippen LogP contribution in [0.3, 0.4) is 0 Å². The van der Waals surface area contributed by atoms with E-state index in [1.54, 1.807) is 24.3 Å². The van der Waals surface area contributed by atoms with Crippen molar-refractivity contribution in [3.63, 3.8) is 0 Å². The molecule has 3 unspecified atom stereocenters. The molecule has 1 fully saturated rings. The van der Waals surface area contributed by atoms with Crippen molar-refractivity contribution < 1.29 is 29.3 Å². The predicted molar refractivity (Wildman–Crippen MR) is 107 cm³/mol. The Balaban J connectivity index is 1.83. The summed E-state index contributed by atoms with van der Waals surface area (Å²) in [5.41, 5.74) is 0.969. The first-order valence-electron chi connectivity index (χ1n) is 9.48. The summed E-state index contributed by atoms with van der Waals surface area (Å²) >= 11 is 0. The molecule has 0 spiro atoms. The van der Waals surface area contributed by atoms with E-state index in [2.05, 4.69) is 9.97 Å². The van der Waals surface area contributed by atoms with Crippen LogP contribution in [0.15, 0.2) is 36.4 Å². The molecule has 0 saturated heterocycles. The summed E-state index contributed by atoms with van der Waals surface area (Å²) in [6, 6.07) is 10.1. The molecule has 1 aliphatic carbocycles. The molecule has 1 aromatic heterocycles. The van der Waals surface area contributed by atoms with Gasteiger partial charge in [0, 0.05) is 6.42 Å². The van der Waals surface area contributed by atoms with Crippen LogP contribution < -0.4 is 0 Å². The highest BCUT2D eigenvalue weighted by molar-refractivity contribution is 6.03. The van der Waals surface area contributed by atoms with Gasteiger partial charge in [-0.3, -0.25) is 9.59 Å². The van der Waals surface area contributed by atoms with Crippen molar-refractivity contribution in [2.24, 2.45) is 5.92 Å². The molecule has 2 N–H and O–H groups in total. The van der Waals surface area contributed by atoms with Crippen molar-refractivity contribution in [3.05, 3.63) is 47.5 Å². The smallest absolute Gasteiger partial charge is 0.337 e. The number of ether oxygens (including phenoxy) is 1. The van der Waals surface area contributed by atoms with E-state index >= 15 is 0 Å². The first-order valence-corrected chi connectivity index (χ1v) is 9.48. The fourth-order valence-electron chi connectivity index (χ4n) is 4.36. The Kier molecular flexibility index (Phi) is 4.74. The number of carboxylic acids is 1. The number of aliphatic hydroxyl groups is 1. The molecule has 30 heavy (non-hydrogen) atoms. The van der Waals surface area contributed by atoms with Crippen molar-refractivity contribution >= 4 is 39.8 Å². The molecule has 4 rings (SSSR count). The van der Waals surface area contributed by atoms with Gasteiger partial charge in [0.1, 0.15) is 11.4 Å². The third-order valence-corrected chi connectivity index (χ3v) is 5.68. The fourth-order valence-corrected chi connectivity index (χ4v) is 4.36. The van der Waals surface area contributed by atoms with E-state index in [0.29, 0.717) is 16.6 Å². The largest absolute Gasteiger partial charge is 0.478 e. The summed E-state index contributed by atoms with van der Waals surface area (Å²) in [6.45, 7) is 1.46. The number of carboxylic acid groups (broad SMARTS) is 1. The van der Waals surface area contributed by atoms with Crippen LogP contribution in [-0.4, -0.2) is 50.6 Å². The number of Topliss-reactive ketones (excluding diaryl/α,β-unsaturated/α-hetero) is 1. The molecule has 1 aliphatic rings. The van der Waals surface area contributed by atoms with Crippen molar-refractivity contribution in [2.45, 2.75) is 31.3 Å². The molecule has 0 aliphatic heterocycles. The Morgan fingerprint density at radius 1 is 1.10 bits per heavy atom. The third-order valence-electron chi connectivity index (χ3n) is 5.68. The van der Waals surface area contributed by atoms with E-state index in [9.17, 15) is 24.6 Å². The van der Waals surface area contributed by atoms with Gasteiger partial charge in [0.05, 0.1) is 34.8 Å². The van der Waals surface area contributed by atoms with Crippen LogP contribution in [-0.2, 0) is 14.3 Å². The van der Waals surface area contributed by atoms with Gasteiger partial charge in [-0.15, -0.1) is 0 Å². The zero-order valence-corrected chi connectivity index (χ0v) is 16.5. The molecule has 0 radical (unpaired) electrons. The maximum absolute atomic E-state index is 12.7. The van der Waals surface area contributed by atoms with E-state index < -0.39 is 23.5 Å². The maximum Gasteiger partial charge on any atom is 0.337 e. The summed E-state index contributed by atoms with van der Waals surface area (Å²) in [5.74, 6) is -3.81. The number of esters is 1. The lowest BCUT2D eigenvalue weighted by Crippen LogP contribution is -2.50. The second kappa shape index (κ2) is 7.14. The summed E-state index contributed by atoms with van der Waals surface area (Å²) in [7, 11) is 1.19. The number of para-hydroxylation sites is 2. The Hall–Kier alpha value is -3.39. The van der Waals surface area contributed by atoms with Gasteiger partial charge in [0.15, 0.2) is 5.78 Å². The van der Waals surface area contributed by atoms with Crippen LogP contribution in [0.2, 0.25) is 0 Å². The lowest BCUT2D eigenvalue weighted by molar-refractivity contribution is -0.163. The molecule has 1 saturated carbocycles. The number of hydrogen-bond donors (Lipinski definition) is 2. The summed E-state index contributed by atoms with van der Waals surface area (Å²) < 4.78 is 4.70. The average molecular weight is 408 g/mol. The van der Waals surface area contributed by atoms with Gasteiger partial charge in [-0.25, -0.2) is 14.8 Å². The van der Waals surface area contributed by atoms with Crippen LogP contribution in [0.25, 0.3) is 22.1 Å². The van der Waals surface area contributed by atoms with E-state index in [0.717, 1.165) is 5.56 Å². The van der Waals surface area contributed by atoms with Gasteiger partial charge in [0.2, 0.25) is 0 Å². The molecule has 1 heterocycles. The van der Waals surface area contributed by atoms with Gasteiger partial charge in [-0.05, 0) is 43.0 Å². The Morgan fingerprint density at radius 2 is 1.73 bits per heavy atom. The average Bonchev–Trinajstić information content (AvgIpc) is 2.69. The number of methoxy groups -OCH3 is 1. The Morgan fingerprint density at radius 3 is 2.37 bits per heavy atom. The number of aromatic carboxylic acids is 1. The molecule has 154 valence electrons. The van der Waals surface area contributed by atoms with Gasteiger partial charge < -0.3 is 14.9 Å². The topological polar surface area (TPSA) is 127 Å². The molecule has 3 atom stereocenters. The van der Waals surface area contributed by atoms with E-state index in [1.807, 2.05) is 6.07 Å². The molecule has 0 amide bonds. The zero-order valence-electron chi connectivity index (χ0n) is 16.5. The number of ketones is 1. The highest BCUT2D eigenvalue weighted by Gasteiger charge is 2.49. The molecular formula is C22H20N2O6. The summed E-state index contributed by atoms with van der Waals surface area (Å²) in [6.07, 6.45) is 0.233. The van der Waals surface area contributed by atoms with E-state index in [-0.39, 0.29) is 35.6 Å². The van der Waals surface area contributed by atoms with Crippen molar-refractivity contribution in [1.82, 2.24) is 9.97 Å². The Bertz CT molecular complexity index is 1200. The van der Waals surface area contributed by atoms with Gasteiger partial charge in [-0.1, -0.05) is 18.2 Å². The van der Waals surface area contributed by atoms with Crippen LogP contribution in [0.5, 0.6) is 0 Å². The monoisotopic (exact) mass is 408 g/mol. The second-order valence-corrected chi connectivity index (χ2v) is 7.80. The molecule has 0 bridgehead atoms. The minimum atomic E-state index is -1.56. The fraction of sp³-hybridized carbons (Fsp3) is 0.318. The summed E-state index contributed by atoms with van der Waals surface area (Å²) in [5, 5.41) is 20.3. The quantitative estimate of drug-likeness (QED) is 0.384. The van der Waals surface area contributed by atoms with Crippen LogP contribution in [0.1, 0.15) is 41.6 Å². The molecule has 8 heteroatoms. The standard InChI is InChI=1S/C22H20N2O6/c1-22(29)10-11(9-16(25)17(22)21(28)30-2)12-5-3-7-14-18(12)23-15-8-4-6-13(20(26)27)19(15)24-14/h3-8,11,17,29H,9-10H2,1-2H3,(H,26,27). The first kappa shape index (κ1) is 19.9. The number of benzene rings is 2. The van der Waals surface area contributed by atoms with Crippen molar-refractivity contribution in [3.8, 4) is 0 Å².